The molecule has 0 bridgehead atoms. The van der Waals surface area contributed by atoms with Gasteiger partial charge in [-0.3, -0.25) is 4.79 Å². The fraction of sp³-hybridized carbons (Fsp3) is 0.333. The van der Waals surface area contributed by atoms with Gasteiger partial charge in [0.1, 0.15) is 5.75 Å². The number of rotatable bonds is 6. The fourth-order valence-electron chi connectivity index (χ4n) is 3.97. The number of anilines is 1. The van der Waals surface area contributed by atoms with Crippen LogP contribution in [0.5, 0.6) is 5.75 Å². The summed E-state index contributed by atoms with van der Waals surface area (Å²) in [7, 11) is 1.61. The van der Waals surface area contributed by atoms with E-state index in [0.717, 1.165) is 30.0 Å². The predicted molar refractivity (Wildman–Crippen MR) is 119 cm³/mol. The van der Waals surface area contributed by atoms with Crippen molar-refractivity contribution in [1.82, 2.24) is 14.9 Å². The summed E-state index contributed by atoms with van der Waals surface area (Å²) in [6, 6.07) is 13.8. The van der Waals surface area contributed by atoms with Crippen LogP contribution in [-0.2, 0) is 6.54 Å². The first kappa shape index (κ1) is 20.0. The van der Waals surface area contributed by atoms with Gasteiger partial charge in [-0.1, -0.05) is 18.2 Å². The van der Waals surface area contributed by atoms with E-state index in [4.69, 9.17) is 4.74 Å². The van der Waals surface area contributed by atoms with Crippen LogP contribution in [0.25, 0.3) is 5.69 Å². The highest BCUT2D eigenvalue weighted by Crippen LogP contribution is 2.26. The number of imidazole rings is 1. The van der Waals surface area contributed by atoms with Crippen molar-refractivity contribution in [2.24, 2.45) is 0 Å². The molecule has 1 aliphatic rings. The maximum atomic E-state index is 12.8. The summed E-state index contributed by atoms with van der Waals surface area (Å²) in [4.78, 5) is 19.5. The summed E-state index contributed by atoms with van der Waals surface area (Å²) >= 11 is 0. The van der Waals surface area contributed by atoms with Crippen molar-refractivity contribution in [3.8, 4) is 11.4 Å². The standard InChI is InChI=1S/C24H28N4O2/c1-18-16-28(17-26-18)22-11-10-19(14-23(22)30-2)24(29)25-15-20-8-4-5-9-21(20)27-12-6-3-7-13-27/h4-5,8-11,14,16-17H,3,6-7,12-13,15H2,1-2H3,(H,25,29). The number of carbonyl (C=O) groups is 1. The van der Waals surface area contributed by atoms with E-state index in [-0.39, 0.29) is 5.91 Å². The number of ether oxygens (including phenoxy) is 1. The quantitative estimate of drug-likeness (QED) is 0.672. The summed E-state index contributed by atoms with van der Waals surface area (Å²) in [5, 5.41) is 3.07. The lowest BCUT2D eigenvalue weighted by Crippen LogP contribution is -2.31. The number of benzene rings is 2. The predicted octanol–water partition coefficient (Wildman–Crippen LogP) is 4.11. The molecule has 0 unspecified atom stereocenters. The summed E-state index contributed by atoms with van der Waals surface area (Å²) in [5.74, 6) is 0.517. The molecule has 1 aliphatic heterocycles. The third kappa shape index (κ3) is 4.32. The lowest BCUT2D eigenvalue weighted by atomic mass is 10.1. The minimum Gasteiger partial charge on any atom is -0.495 e. The zero-order chi connectivity index (χ0) is 20.9. The van der Waals surface area contributed by atoms with Gasteiger partial charge in [-0.25, -0.2) is 4.98 Å². The van der Waals surface area contributed by atoms with Crippen LogP contribution in [-0.4, -0.2) is 35.7 Å². The van der Waals surface area contributed by atoms with Crippen molar-refractivity contribution in [3.63, 3.8) is 0 Å². The maximum Gasteiger partial charge on any atom is 0.251 e. The second kappa shape index (κ2) is 9.03. The Kier molecular flexibility index (Phi) is 6.02. The van der Waals surface area contributed by atoms with Gasteiger partial charge in [-0.2, -0.15) is 0 Å². The smallest absolute Gasteiger partial charge is 0.251 e. The zero-order valence-electron chi connectivity index (χ0n) is 17.6. The third-order valence-electron chi connectivity index (χ3n) is 5.56. The Labute approximate surface area is 177 Å². The second-order valence-electron chi connectivity index (χ2n) is 7.67. The Bertz CT molecular complexity index is 1020. The zero-order valence-corrected chi connectivity index (χ0v) is 17.6. The van der Waals surface area contributed by atoms with Gasteiger partial charge in [-0.05, 0) is 56.0 Å². The minimum absolute atomic E-state index is 0.116. The molecule has 0 atom stereocenters. The molecule has 1 N–H and O–H groups in total. The molecule has 0 saturated carbocycles. The molecule has 1 amide bonds. The summed E-state index contributed by atoms with van der Waals surface area (Å²) in [6.07, 6.45) is 7.41. The van der Waals surface area contributed by atoms with E-state index in [9.17, 15) is 4.79 Å². The average Bonchev–Trinajstić information content (AvgIpc) is 3.23. The fourth-order valence-corrected chi connectivity index (χ4v) is 3.97. The molecule has 2 heterocycles. The molecular formula is C24H28N4O2. The number of aromatic nitrogens is 2. The van der Waals surface area contributed by atoms with Crippen LogP contribution in [0.2, 0.25) is 0 Å². The Morgan fingerprint density at radius 2 is 1.90 bits per heavy atom. The van der Waals surface area contributed by atoms with Gasteiger partial charge in [0.2, 0.25) is 0 Å². The first-order valence-electron chi connectivity index (χ1n) is 10.5. The molecule has 1 saturated heterocycles. The van der Waals surface area contributed by atoms with E-state index in [1.165, 1.54) is 24.9 Å². The van der Waals surface area contributed by atoms with Gasteiger partial charge in [-0.15, -0.1) is 0 Å². The van der Waals surface area contributed by atoms with E-state index >= 15 is 0 Å². The van der Waals surface area contributed by atoms with Crippen LogP contribution in [0.3, 0.4) is 0 Å². The molecule has 1 fully saturated rings. The number of nitrogens with one attached hydrogen (secondary N) is 1. The van der Waals surface area contributed by atoms with Gasteiger partial charge in [0.25, 0.3) is 5.91 Å². The summed E-state index contributed by atoms with van der Waals surface area (Å²) < 4.78 is 7.42. The molecular weight excluding hydrogens is 376 g/mol. The Hall–Kier alpha value is -3.28. The van der Waals surface area contributed by atoms with Crippen molar-refractivity contribution >= 4 is 11.6 Å². The number of amides is 1. The molecule has 3 aromatic rings. The third-order valence-corrected chi connectivity index (χ3v) is 5.56. The van der Waals surface area contributed by atoms with Crippen molar-refractivity contribution in [3.05, 3.63) is 71.8 Å². The Balaban J connectivity index is 1.48. The number of piperidine rings is 1. The number of carbonyl (C=O) groups excluding carboxylic acids is 1. The number of aryl methyl sites for hydroxylation is 1. The van der Waals surface area contributed by atoms with Gasteiger partial charge in [0.05, 0.1) is 24.8 Å². The first-order valence-corrected chi connectivity index (χ1v) is 10.5. The minimum atomic E-state index is -0.116. The molecule has 4 rings (SSSR count). The highest BCUT2D eigenvalue weighted by atomic mass is 16.5. The van der Waals surface area contributed by atoms with Gasteiger partial charge >= 0.3 is 0 Å². The molecule has 6 heteroatoms. The molecule has 0 aliphatic carbocycles. The van der Waals surface area contributed by atoms with Gasteiger partial charge in [0.15, 0.2) is 0 Å². The SMILES string of the molecule is COc1cc(C(=O)NCc2ccccc2N2CCCCC2)ccc1-n1cnc(C)c1. The van der Waals surface area contributed by atoms with Crippen molar-refractivity contribution < 1.29 is 9.53 Å². The Morgan fingerprint density at radius 3 is 2.63 bits per heavy atom. The molecule has 30 heavy (non-hydrogen) atoms. The Morgan fingerprint density at radius 1 is 1.10 bits per heavy atom. The highest BCUT2D eigenvalue weighted by molar-refractivity contribution is 5.95. The second-order valence-corrected chi connectivity index (χ2v) is 7.67. The molecule has 156 valence electrons. The number of methoxy groups -OCH3 is 1. The van der Waals surface area contributed by atoms with Crippen molar-refractivity contribution in [1.29, 1.82) is 0 Å². The van der Waals surface area contributed by atoms with Crippen LogP contribution in [0, 0.1) is 6.92 Å². The number of hydrogen-bond acceptors (Lipinski definition) is 4. The van der Waals surface area contributed by atoms with Crippen LogP contribution in [0.1, 0.15) is 40.9 Å². The van der Waals surface area contributed by atoms with E-state index < -0.39 is 0 Å². The number of para-hydroxylation sites is 1. The number of hydrogen-bond donors (Lipinski definition) is 1. The number of nitrogens with zero attached hydrogens (tertiary/aromatic N) is 3. The summed E-state index contributed by atoms with van der Waals surface area (Å²) in [6.45, 7) is 4.59. The van der Waals surface area contributed by atoms with Crippen LogP contribution in [0.4, 0.5) is 5.69 Å². The van der Waals surface area contributed by atoms with Crippen LogP contribution >= 0.6 is 0 Å². The summed E-state index contributed by atoms with van der Waals surface area (Å²) in [5.41, 5.74) is 4.71. The highest BCUT2D eigenvalue weighted by Gasteiger charge is 2.16. The van der Waals surface area contributed by atoms with E-state index in [2.05, 4.69) is 33.4 Å². The maximum absolute atomic E-state index is 12.8. The topological polar surface area (TPSA) is 59.4 Å². The average molecular weight is 405 g/mol. The van der Waals surface area contributed by atoms with Crippen molar-refractivity contribution in [2.45, 2.75) is 32.7 Å². The van der Waals surface area contributed by atoms with E-state index in [1.807, 2.05) is 35.9 Å². The molecule has 0 radical (unpaired) electrons. The van der Waals surface area contributed by atoms with Crippen LogP contribution < -0.4 is 15.0 Å². The monoisotopic (exact) mass is 404 g/mol. The lowest BCUT2D eigenvalue weighted by molar-refractivity contribution is 0.0950. The molecule has 0 spiro atoms. The van der Waals surface area contributed by atoms with Gasteiger partial charge in [0, 0.05) is 37.1 Å². The largest absolute Gasteiger partial charge is 0.495 e. The van der Waals surface area contributed by atoms with Gasteiger partial charge < -0.3 is 19.5 Å². The van der Waals surface area contributed by atoms with Crippen LogP contribution in [0.15, 0.2) is 55.0 Å². The van der Waals surface area contributed by atoms with Crippen molar-refractivity contribution in [2.75, 3.05) is 25.1 Å². The molecule has 1 aromatic heterocycles. The lowest BCUT2D eigenvalue weighted by Gasteiger charge is -2.30. The van der Waals surface area contributed by atoms with E-state index in [0.29, 0.717) is 17.9 Å². The molecule has 2 aromatic carbocycles. The van der Waals surface area contributed by atoms with E-state index in [1.54, 1.807) is 19.5 Å². The first-order chi connectivity index (χ1) is 14.7. The normalized spacial score (nSPS) is 13.9. The molecule has 6 nitrogen and oxygen atoms in total.